The molecule has 110 valence electrons. The largest absolute Gasteiger partial charge is 0.493 e. The number of benzene rings is 1. The first-order valence-electron chi connectivity index (χ1n) is 6.42. The van der Waals surface area contributed by atoms with Gasteiger partial charge in [0.25, 0.3) is 0 Å². The molecule has 0 radical (unpaired) electrons. The molecule has 0 fully saturated rings. The van der Waals surface area contributed by atoms with Crippen LogP contribution in [0.3, 0.4) is 0 Å². The molecule has 0 atom stereocenters. The van der Waals surface area contributed by atoms with Gasteiger partial charge in [-0.1, -0.05) is 25.7 Å². The van der Waals surface area contributed by atoms with Crippen LogP contribution in [-0.4, -0.2) is 34.5 Å². The van der Waals surface area contributed by atoms with Crippen LogP contribution in [0.1, 0.15) is 5.56 Å². The Bertz CT molecular complexity index is 489. The van der Waals surface area contributed by atoms with Gasteiger partial charge in [0.2, 0.25) is 0 Å². The van der Waals surface area contributed by atoms with Crippen LogP contribution in [-0.2, 0) is 9.53 Å². The zero-order chi connectivity index (χ0) is 15.2. The topological polar surface area (TPSA) is 44.8 Å². The highest BCUT2D eigenvalue weighted by Gasteiger charge is 2.15. The molecule has 20 heavy (non-hydrogen) atoms. The van der Waals surface area contributed by atoms with Crippen molar-refractivity contribution in [1.29, 1.82) is 0 Å². The Kier molecular flexibility index (Phi) is 5.82. The number of hydrogen-bond donors (Lipinski definition) is 0. The molecule has 1 rings (SSSR count). The molecule has 0 aliphatic carbocycles. The van der Waals surface area contributed by atoms with E-state index in [9.17, 15) is 4.79 Å². The highest BCUT2D eigenvalue weighted by atomic mass is 28.3. The van der Waals surface area contributed by atoms with Gasteiger partial charge in [-0.05, 0) is 23.8 Å². The fourth-order valence-electron chi connectivity index (χ4n) is 1.43. The predicted molar refractivity (Wildman–Crippen MR) is 82.9 cm³/mol. The smallest absolute Gasteiger partial charge is 0.330 e. The quantitative estimate of drug-likeness (QED) is 0.459. The predicted octanol–water partition coefficient (Wildman–Crippen LogP) is 3.14. The molecule has 5 heteroatoms. The minimum absolute atomic E-state index is 0.386. The molecule has 0 spiro atoms. The molecule has 0 saturated carbocycles. The van der Waals surface area contributed by atoms with Crippen LogP contribution in [0.25, 0.3) is 6.08 Å². The summed E-state index contributed by atoms with van der Waals surface area (Å²) in [5.74, 6) is 1.00. The minimum Gasteiger partial charge on any atom is -0.493 e. The van der Waals surface area contributed by atoms with E-state index in [1.165, 1.54) is 13.2 Å². The maximum absolute atomic E-state index is 11.1. The van der Waals surface area contributed by atoms with Gasteiger partial charge in [0.15, 0.2) is 11.5 Å². The van der Waals surface area contributed by atoms with E-state index < -0.39 is 8.07 Å². The zero-order valence-corrected chi connectivity index (χ0v) is 13.7. The van der Waals surface area contributed by atoms with E-state index in [1.54, 1.807) is 13.2 Å². The molecule has 0 N–H and O–H groups in total. The molecule has 0 unspecified atom stereocenters. The van der Waals surface area contributed by atoms with Crippen LogP contribution < -0.4 is 9.47 Å². The number of carbonyl (C=O) groups is 1. The monoisotopic (exact) mass is 294 g/mol. The highest BCUT2D eigenvalue weighted by molar-refractivity contribution is 6.76. The van der Waals surface area contributed by atoms with Crippen LogP contribution in [0.5, 0.6) is 11.5 Å². The van der Waals surface area contributed by atoms with Crippen molar-refractivity contribution in [2.75, 3.05) is 20.4 Å². The van der Waals surface area contributed by atoms with Crippen LogP contribution in [0.2, 0.25) is 19.6 Å². The third-order valence-corrected chi connectivity index (χ3v) is 3.47. The molecule has 0 aromatic heterocycles. The lowest BCUT2D eigenvalue weighted by molar-refractivity contribution is -0.134. The Hall–Kier alpha value is -1.75. The molecule has 0 aliphatic rings. The van der Waals surface area contributed by atoms with Gasteiger partial charge in [-0.25, -0.2) is 4.79 Å². The second-order valence-electron chi connectivity index (χ2n) is 5.62. The lowest BCUT2D eigenvalue weighted by Gasteiger charge is -2.18. The maximum Gasteiger partial charge on any atom is 0.330 e. The van der Waals surface area contributed by atoms with Gasteiger partial charge in [0.05, 0.1) is 28.5 Å². The van der Waals surface area contributed by atoms with E-state index >= 15 is 0 Å². The summed E-state index contributed by atoms with van der Waals surface area (Å²) in [5.41, 5.74) is 0.854. The van der Waals surface area contributed by atoms with Crippen LogP contribution in [0.4, 0.5) is 0 Å². The Morgan fingerprint density at radius 2 is 1.90 bits per heavy atom. The van der Waals surface area contributed by atoms with Crippen molar-refractivity contribution in [3.8, 4) is 11.5 Å². The molecule has 0 saturated heterocycles. The maximum atomic E-state index is 11.1. The van der Waals surface area contributed by atoms with Crippen LogP contribution >= 0.6 is 0 Å². The van der Waals surface area contributed by atoms with Crippen molar-refractivity contribution in [1.82, 2.24) is 0 Å². The summed E-state index contributed by atoms with van der Waals surface area (Å²) in [6.45, 7) is 6.73. The highest BCUT2D eigenvalue weighted by Crippen LogP contribution is 2.29. The van der Waals surface area contributed by atoms with Gasteiger partial charge in [0, 0.05) is 6.08 Å². The summed E-state index contributed by atoms with van der Waals surface area (Å²) in [5, 5.41) is 0. The van der Waals surface area contributed by atoms with E-state index in [0.717, 1.165) is 17.5 Å². The van der Waals surface area contributed by atoms with Crippen molar-refractivity contribution >= 4 is 20.1 Å². The second kappa shape index (κ2) is 7.14. The van der Waals surface area contributed by atoms with Crippen molar-refractivity contribution in [3.63, 3.8) is 0 Å². The minimum atomic E-state index is -1.28. The summed E-state index contributed by atoms with van der Waals surface area (Å²) in [6, 6.07) is 5.57. The third kappa shape index (κ3) is 5.48. The summed E-state index contributed by atoms with van der Waals surface area (Å²) < 4.78 is 15.7. The van der Waals surface area contributed by atoms with Crippen molar-refractivity contribution < 1.29 is 19.0 Å². The van der Waals surface area contributed by atoms with Gasteiger partial charge in [-0.3, -0.25) is 0 Å². The Labute approximate surface area is 121 Å². The molecule has 0 bridgehead atoms. The first-order chi connectivity index (χ1) is 9.35. The van der Waals surface area contributed by atoms with Crippen LogP contribution in [0.15, 0.2) is 24.3 Å². The Balaban J connectivity index is 2.85. The third-order valence-electron chi connectivity index (χ3n) is 2.46. The van der Waals surface area contributed by atoms with E-state index in [0.29, 0.717) is 5.75 Å². The Morgan fingerprint density at radius 3 is 2.45 bits per heavy atom. The molecule has 1 aromatic carbocycles. The van der Waals surface area contributed by atoms with Gasteiger partial charge < -0.3 is 14.2 Å². The fourth-order valence-corrected chi connectivity index (χ4v) is 2.02. The SMILES string of the molecule is COC(=O)/C=C/c1ccc(OC[Si](C)(C)C)c(OC)c1. The van der Waals surface area contributed by atoms with Crippen molar-refractivity contribution in [3.05, 3.63) is 29.8 Å². The zero-order valence-electron chi connectivity index (χ0n) is 12.7. The van der Waals surface area contributed by atoms with E-state index in [1.807, 2.05) is 18.2 Å². The van der Waals surface area contributed by atoms with Gasteiger partial charge in [0.1, 0.15) is 0 Å². The standard InChI is InChI=1S/C15H22O4Si/c1-17-14-10-12(7-9-15(16)18-2)6-8-13(14)19-11-20(3,4)5/h6-10H,11H2,1-5H3/b9-7+. The number of carbonyl (C=O) groups excluding carboxylic acids is 1. The van der Waals surface area contributed by atoms with Crippen LogP contribution in [0, 0.1) is 0 Å². The first kappa shape index (κ1) is 16.3. The number of hydrogen-bond acceptors (Lipinski definition) is 4. The molecule has 0 aliphatic heterocycles. The summed E-state index contributed by atoms with van der Waals surface area (Å²) >= 11 is 0. The number of rotatable bonds is 6. The van der Waals surface area contributed by atoms with Gasteiger partial charge in [-0.15, -0.1) is 0 Å². The van der Waals surface area contributed by atoms with E-state index in [4.69, 9.17) is 9.47 Å². The van der Waals surface area contributed by atoms with Crippen molar-refractivity contribution in [2.45, 2.75) is 19.6 Å². The average molecular weight is 294 g/mol. The molecule has 0 amide bonds. The van der Waals surface area contributed by atoms with Gasteiger partial charge in [-0.2, -0.15) is 0 Å². The average Bonchev–Trinajstić information content (AvgIpc) is 2.41. The lowest BCUT2D eigenvalue weighted by atomic mass is 10.2. The summed E-state index contributed by atoms with van der Waals surface area (Å²) in [7, 11) is 1.67. The first-order valence-corrected chi connectivity index (χ1v) is 10.1. The normalized spacial score (nSPS) is 11.4. The summed E-state index contributed by atoms with van der Waals surface area (Å²) in [6.07, 6.45) is 3.79. The summed E-state index contributed by atoms with van der Waals surface area (Å²) in [4.78, 5) is 11.1. The number of ether oxygens (including phenoxy) is 3. The molecule has 1 aromatic rings. The Morgan fingerprint density at radius 1 is 1.20 bits per heavy atom. The number of esters is 1. The van der Waals surface area contributed by atoms with Gasteiger partial charge >= 0.3 is 5.97 Å². The molecular formula is C15H22O4Si. The van der Waals surface area contributed by atoms with E-state index in [2.05, 4.69) is 24.4 Å². The second-order valence-corrected chi connectivity index (χ2v) is 11.0. The fraction of sp³-hybridized carbons (Fsp3) is 0.400. The van der Waals surface area contributed by atoms with Crippen molar-refractivity contribution in [2.24, 2.45) is 0 Å². The molecule has 0 heterocycles. The molecule has 4 nitrogen and oxygen atoms in total. The van der Waals surface area contributed by atoms with E-state index in [-0.39, 0.29) is 5.97 Å². The molecular weight excluding hydrogens is 272 g/mol. The lowest BCUT2D eigenvalue weighted by Crippen LogP contribution is -2.30. The number of methoxy groups -OCH3 is 2.